The molecule has 0 fully saturated rings. The molecule has 2 rings (SSSR count). The van der Waals surface area contributed by atoms with Crippen molar-refractivity contribution in [3.8, 4) is 0 Å². The minimum absolute atomic E-state index is 0.408. The van der Waals surface area contributed by atoms with Crippen LogP contribution < -0.4 is 5.32 Å². The Hall–Kier alpha value is -0.670. The first-order chi connectivity index (χ1) is 8.42. The van der Waals surface area contributed by atoms with Crippen LogP contribution in [0.2, 0.25) is 0 Å². The van der Waals surface area contributed by atoms with Crippen molar-refractivity contribution in [1.82, 2.24) is 10.3 Å². The van der Waals surface area contributed by atoms with Gasteiger partial charge in [-0.05, 0) is 32.2 Å². The van der Waals surface area contributed by atoms with E-state index in [1.807, 2.05) is 11.7 Å². The van der Waals surface area contributed by atoms with E-state index in [4.69, 9.17) is 0 Å². The van der Waals surface area contributed by atoms with Gasteiger partial charge in [-0.1, -0.05) is 31.4 Å². The highest BCUT2D eigenvalue weighted by Gasteiger charge is 2.17. The quantitative estimate of drug-likeness (QED) is 0.815. The van der Waals surface area contributed by atoms with Crippen LogP contribution in [0.25, 0.3) is 0 Å². The average molecular weight is 250 g/mol. The molecule has 0 radical (unpaired) electrons. The van der Waals surface area contributed by atoms with E-state index in [-0.39, 0.29) is 0 Å². The van der Waals surface area contributed by atoms with Crippen LogP contribution in [0.15, 0.2) is 23.4 Å². The highest BCUT2D eigenvalue weighted by Crippen LogP contribution is 2.30. The second kappa shape index (κ2) is 6.92. The molecule has 94 valence electrons. The van der Waals surface area contributed by atoms with Crippen LogP contribution in [-0.4, -0.2) is 11.5 Å². The Morgan fingerprint density at radius 2 is 2.24 bits per heavy atom. The number of allylic oxidation sites excluding steroid dienone is 1. The Morgan fingerprint density at radius 1 is 1.35 bits per heavy atom. The number of rotatable bonds is 4. The van der Waals surface area contributed by atoms with Crippen molar-refractivity contribution in [2.75, 3.05) is 6.54 Å². The van der Waals surface area contributed by atoms with Gasteiger partial charge in [0.15, 0.2) is 0 Å². The molecular weight excluding hydrogens is 228 g/mol. The van der Waals surface area contributed by atoms with Gasteiger partial charge < -0.3 is 5.32 Å². The maximum atomic E-state index is 4.21. The molecule has 17 heavy (non-hydrogen) atoms. The molecule has 1 aromatic heterocycles. The van der Waals surface area contributed by atoms with E-state index in [0.29, 0.717) is 6.04 Å². The van der Waals surface area contributed by atoms with Crippen LogP contribution in [-0.2, 0) is 0 Å². The summed E-state index contributed by atoms with van der Waals surface area (Å²) in [6.45, 7) is 3.19. The summed E-state index contributed by atoms with van der Waals surface area (Å²) in [5.74, 6) is 0. The van der Waals surface area contributed by atoms with Crippen molar-refractivity contribution < 1.29 is 0 Å². The third-order valence-electron chi connectivity index (χ3n) is 3.34. The number of hydrogen-bond acceptors (Lipinski definition) is 3. The van der Waals surface area contributed by atoms with Crippen LogP contribution in [0, 0.1) is 0 Å². The highest BCUT2D eigenvalue weighted by molar-refractivity contribution is 7.09. The number of nitrogens with one attached hydrogen (secondary N) is 1. The fourth-order valence-electron chi connectivity index (χ4n) is 2.47. The maximum absolute atomic E-state index is 4.21. The van der Waals surface area contributed by atoms with Gasteiger partial charge in [0, 0.05) is 11.1 Å². The summed E-state index contributed by atoms with van der Waals surface area (Å²) in [4.78, 5) is 5.57. The summed E-state index contributed by atoms with van der Waals surface area (Å²) in [5, 5.41) is 3.61. The van der Waals surface area contributed by atoms with Gasteiger partial charge in [-0.15, -0.1) is 11.3 Å². The molecule has 0 amide bonds. The number of aromatic nitrogens is 1. The van der Waals surface area contributed by atoms with Gasteiger partial charge in [-0.25, -0.2) is 0 Å². The molecular formula is C14H22N2S. The molecule has 1 atom stereocenters. The molecule has 0 aliphatic heterocycles. The van der Waals surface area contributed by atoms with Crippen LogP contribution in [0.4, 0.5) is 0 Å². The molecule has 1 aromatic rings. The summed E-state index contributed by atoms with van der Waals surface area (Å²) < 4.78 is 0. The second-order valence-electron chi connectivity index (χ2n) is 4.63. The predicted octanol–water partition coefficient (Wildman–Crippen LogP) is 4.07. The van der Waals surface area contributed by atoms with Crippen molar-refractivity contribution in [1.29, 1.82) is 0 Å². The first kappa shape index (κ1) is 12.8. The lowest BCUT2D eigenvalue weighted by Crippen LogP contribution is -2.22. The molecule has 3 heteroatoms. The smallest absolute Gasteiger partial charge is 0.0794 e. The molecule has 0 saturated heterocycles. The normalized spacial score (nSPS) is 19.2. The van der Waals surface area contributed by atoms with Crippen LogP contribution in [0.3, 0.4) is 0 Å². The Labute approximate surface area is 108 Å². The largest absolute Gasteiger partial charge is 0.306 e. The lowest BCUT2D eigenvalue weighted by Gasteiger charge is -2.21. The van der Waals surface area contributed by atoms with E-state index >= 15 is 0 Å². The predicted molar refractivity (Wildman–Crippen MR) is 74.3 cm³/mol. The lowest BCUT2D eigenvalue weighted by atomic mass is 9.94. The topological polar surface area (TPSA) is 24.9 Å². The molecule has 1 aliphatic carbocycles. The summed E-state index contributed by atoms with van der Waals surface area (Å²) >= 11 is 1.76. The van der Waals surface area contributed by atoms with Crippen molar-refractivity contribution >= 4 is 11.3 Å². The monoisotopic (exact) mass is 250 g/mol. The molecule has 1 N–H and O–H groups in total. The summed E-state index contributed by atoms with van der Waals surface area (Å²) in [5.41, 5.74) is 3.51. The number of likely N-dealkylation sites (N-methyl/N-ethyl adjacent to an activating group) is 1. The third-order valence-corrected chi connectivity index (χ3v) is 4.18. The Kier molecular flexibility index (Phi) is 5.20. The van der Waals surface area contributed by atoms with Gasteiger partial charge >= 0.3 is 0 Å². The second-order valence-corrected chi connectivity index (χ2v) is 5.54. The maximum Gasteiger partial charge on any atom is 0.0794 e. The summed E-state index contributed by atoms with van der Waals surface area (Å²) in [6.07, 6.45) is 12.4. The van der Waals surface area contributed by atoms with E-state index in [1.165, 1.54) is 43.4 Å². The van der Waals surface area contributed by atoms with Crippen molar-refractivity contribution in [3.63, 3.8) is 0 Å². The van der Waals surface area contributed by atoms with Crippen molar-refractivity contribution in [2.24, 2.45) is 0 Å². The Bertz CT molecular complexity index is 343. The standard InChI is InChI=1S/C14H22N2S/c1-2-16-14(13-10-15-11-17-13)12-8-6-4-3-5-7-9-12/h8,10-11,14,16H,2-7,9H2,1H3. The first-order valence-electron chi connectivity index (χ1n) is 6.72. The molecule has 2 nitrogen and oxygen atoms in total. The van der Waals surface area contributed by atoms with Gasteiger partial charge in [0.05, 0.1) is 11.6 Å². The number of hydrogen-bond donors (Lipinski definition) is 1. The van der Waals surface area contributed by atoms with Gasteiger partial charge in [-0.3, -0.25) is 4.98 Å². The average Bonchev–Trinajstić information content (AvgIpc) is 2.79. The number of nitrogens with zero attached hydrogens (tertiary/aromatic N) is 1. The zero-order valence-electron chi connectivity index (χ0n) is 10.6. The summed E-state index contributed by atoms with van der Waals surface area (Å²) in [7, 11) is 0. The minimum atomic E-state index is 0.408. The molecule has 1 heterocycles. The van der Waals surface area contributed by atoms with Crippen LogP contribution in [0.1, 0.15) is 56.4 Å². The minimum Gasteiger partial charge on any atom is -0.306 e. The lowest BCUT2D eigenvalue weighted by molar-refractivity contribution is 0.558. The van der Waals surface area contributed by atoms with E-state index < -0.39 is 0 Å². The highest BCUT2D eigenvalue weighted by atomic mass is 32.1. The zero-order chi connectivity index (χ0) is 11.9. The van der Waals surface area contributed by atoms with Crippen molar-refractivity contribution in [2.45, 2.75) is 51.5 Å². The van der Waals surface area contributed by atoms with E-state index in [1.54, 1.807) is 16.9 Å². The third kappa shape index (κ3) is 3.65. The van der Waals surface area contributed by atoms with Gasteiger partial charge in [0.2, 0.25) is 0 Å². The van der Waals surface area contributed by atoms with E-state index in [2.05, 4.69) is 23.3 Å². The molecule has 0 aromatic carbocycles. The Morgan fingerprint density at radius 3 is 3.00 bits per heavy atom. The van der Waals surface area contributed by atoms with Gasteiger partial charge in [-0.2, -0.15) is 0 Å². The fraction of sp³-hybridized carbons (Fsp3) is 0.643. The molecule has 0 saturated carbocycles. The summed E-state index contributed by atoms with van der Waals surface area (Å²) in [6, 6.07) is 0.408. The molecule has 0 bridgehead atoms. The molecule has 0 spiro atoms. The first-order valence-corrected chi connectivity index (χ1v) is 7.60. The molecule has 1 unspecified atom stereocenters. The Balaban J connectivity index is 2.13. The van der Waals surface area contributed by atoms with E-state index in [9.17, 15) is 0 Å². The SMILES string of the molecule is CCNC(C1=CCCCCCC1)c1cncs1. The van der Waals surface area contributed by atoms with Crippen LogP contribution in [0.5, 0.6) is 0 Å². The van der Waals surface area contributed by atoms with Gasteiger partial charge in [0.25, 0.3) is 0 Å². The van der Waals surface area contributed by atoms with Gasteiger partial charge in [0.1, 0.15) is 0 Å². The fourth-order valence-corrected chi connectivity index (χ4v) is 3.20. The van der Waals surface area contributed by atoms with Crippen molar-refractivity contribution in [3.05, 3.63) is 28.2 Å². The van der Waals surface area contributed by atoms with Crippen LogP contribution >= 0.6 is 11.3 Å². The zero-order valence-corrected chi connectivity index (χ0v) is 11.4. The number of thiazole rings is 1. The molecule has 1 aliphatic rings. The van der Waals surface area contributed by atoms with E-state index in [0.717, 1.165) is 6.54 Å².